The number of H-pyrrole nitrogens is 1. The fourth-order valence-corrected chi connectivity index (χ4v) is 3.55. The van der Waals surface area contributed by atoms with Crippen LogP contribution < -0.4 is 0 Å². The largest absolute Gasteiger partial charge is 0.507 e. The van der Waals surface area contributed by atoms with Crippen LogP contribution in [-0.2, 0) is 0 Å². The molecule has 0 radical (unpaired) electrons. The summed E-state index contributed by atoms with van der Waals surface area (Å²) >= 11 is 0. The first kappa shape index (κ1) is 14.5. The minimum absolute atomic E-state index is 0.0307. The maximum absolute atomic E-state index is 13.0. The molecule has 0 saturated heterocycles. The van der Waals surface area contributed by atoms with E-state index >= 15 is 0 Å². The monoisotopic (exact) mass is 346 g/mol. The highest BCUT2D eigenvalue weighted by Crippen LogP contribution is 2.49. The molecule has 0 bridgehead atoms. The average molecular weight is 346 g/mol. The molecule has 7 heteroatoms. The van der Waals surface area contributed by atoms with Gasteiger partial charge in [-0.2, -0.15) is 0 Å². The van der Waals surface area contributed by atoms with E-state index in [1.807, 2.05) is 12.1 Å². The number of nitrogens with one attached hydrogen (secondary N) is 1. The summed E-state index contributed by atoms with van der Waals surface area (Å²) in [5.41, 5.74) is 3.59. The molecular weight excluding hydrogens is 336 g/mol. The predicted molar refractivity (Wildman–Crippen MR) is 92.3 cm³/mol. The SMILES string of the molecule is O=C1c2ccccc2-c2[nH]c3ccc(O)c-3c(-c3ccc([N+](=O)[O-])o3)c21. The second-order valence-electron chi connectivity index (χ2n) is 6.03. The van der Waals surface area contributed by atoms with E-state index in [9.17, 15) is 20.0 Å². The Morgan fingerprint density at radius 3 is 2.46 bits per heavy atom. The Morgan fingerprint density at radius 1 is 0.962 bits per heavy atom. The molecule has 1 aliphatic heterocycles. The van der Waals surface area contributed by atoms with Crippen LogP contribution in [0.2, 0.25) is 0 Å². The minimum atomic E-state index is -0.641. The van der Waals surface area contributed by atoms with Gasteiger partial charge in [-0.05, 0) is 18.2 Å². The number of carbonyl (C=O) groups excluding carboxylic acids is 1. The van der Waals surface area contributed by atoms with Crippen molar-refractivity contribution in [2.45, 2.75) is 0 Å². The van der Waals surface area contributed by atoms with Crippen LogP contribution in [0, 0.1) is 10.1 Å². The molecule has 2 aromatic rings. The van der Waals surface area contributed by atoms with E-state index in [0.717, 1.165) is 5.56 Å². The number of nitro groups is 1. The molecule has 0 atom stereocenters. The number of furan rings is 1. The van der Waals surface area contributed by atoms with Gasteiger partial charge < -0.3 is 14.5 Å². The number of hydrogen-bond acceptors (Lipinski definition) is 5. The number of aromatic amines is 1. The lowest BCUT2D eigenvalue weighted by Gasteiger charge is -2.13. The molecule has 2 aliphatic carbocycles. The van der Waals surface area contributed by atoms with Crippen LogP contribution in [0.5, 0.6) is 5.75 Å². The smallest absolute Gasteiger partial charge is 0.433 e. The van der Waals surface area contributed by atoms with Crippen LogP contribution in [0.25, 0.3) is 33.8 Å². The molecule has 3 aliphatic rings. The van der Waals surface area contributed by atoms with Crippen molar-refractivity contribution in [1.29, 1.82) is 0 Å². The Morgan fingerprint density at radius 2 is 1.73 bits per heavy atom. The van der Waals surface area contributed by atoms with Crippen LogP contribution in [0.1, 0.15) is 15.9 Å². The van der Waals surface area contributed by atoms with Crippen LogP contribution in [0.3, 0.4) is 0 Å². The van der Waals surface area contributed by atoms with Gasteiger partial charge in [0.1, 0.15) is 16.4 Å². The molecule has 0 saturated carbocycles. The Bertz CT molecular complexity index is 1200. The molecule has 2 N–H and O–H groups in total. The summed E-state index contributed by atoms with van der Waals surface area (Å²) in [5.74, 6) is -0.515. The van der Waals surface area contributed by atoms with Crippen molar-refractivity contribution in [1.82, 2.24) is 4.98 Å². The molecule has 26 heavy (non-hydrogen) atoms. The average Bonchev–Trinajstić information content (AvgIpc) is 3.33. The first-order chi connectivity index (χ1) is 12.6. The highest BCUT2D eigenvalue weighted by molar-refractivity contribution is 6.25. The molecule has 5 rings (SSSR count). The molecule has 0 fully saturated rings. The first-order valence-electron chi connectivity index (χ1n) is 7.82. The van der Waals surface area contributed by atoms with Gasteiger partial charge in [-0.25, -0.2) is 0 Å². The number of nitrogens with zero attached hydrogens (tertiary/aromatic N) is 1. The molecule has 0 amide bonds. The summed E-state index contributed by atoms with van der Waals surface area (Å²) in [6, 6.07) is 13.0. The summed E-state index contributed by atoms with van der Waals surface area (Å²) in [6.07, 6.45) is 0. The van der Waals surface area contributed by atoms with Crippen molar-refractivity contribution < 1.29 is 19.2 Å². The normalized spacial score (nSPS) is 12.4. The van der Waals surface area contributed by atoms with E-state index in [1.165, 1.54) is 18.2 Å². The Balaban J connectivity index is 1.90. The van der Waals surface area contributed by atoms with Crippen LogP contribution >= 0.6 is 0 Å². The zero-order valence-electron chi connectivity index (χ0n) is 13.1. The van der Waals surface area contributed by atoms with E-state index in [2.05, 4.69) is 4.98 Å². The first-order valence-corrected chi connectivity index (χ1v) is 7.82. The number of aromatic nitrogens is 1. The summed E-state index contributed by atoms with van der Waals surface area (Å²) < 4.78 is 5.36. The fraction of sp³-hybridized carbons (Fsp3) is 0. The minimum Gasteiger partial charge on any atom is -0.507 e. The van der Waals surface area contributed by atoms with Gasteiger partial charge in [0.05, 0.1) is 28.6 Å². The number of ketones is 1. The van der Waals surface area contributed by atoms with Crippen molar-refractivity contribution >= 4 is 11.7 Å². The van der Waals surface area contributed by atoms with Gasteiger partial charge >= 0.3 is 5.88 Å². The number of rotatable bonds is 2. The third kappa shape index (κ3) is 1.74. The lowest BCUT2D eigenvalue weighted by atomic mass is 9.96. The van der Waals surface area contributed by atoms with Crippen molar-refractivity contribution in [3.63, 3.8) is 0 Å². The number of fused-ring (bicyclic) bond motifs is 4. The van der Waals surface area contributed by atoms with Gasteiger partial charge in [0.2, 0.25) is 0 Å². The molecule has 0 spiro atoms. The molecule has 1 aromatic carbocycles. The van der Waals surface area contributed by atoms with Gasteiger partial charge in [-0.3, -0.25) is 14.9 Å². The van der Waals surface area contributed by atoms with Crippen LogP contribution in [-0.4, -0.2) is 20.8 Å². The summed E-state index contributed by atoms with van der Waals surface area (Å²) in [5, 5.41) is 21.3. The highest BCUT2D eigenvalue weighted by Gasteiger charge is 2.35. The fourth-order valence-electron chi connectivity index (χ4n) is 3.55. The number of benzene rings is 1. The lowest BCUT2D eigenvalue weighted by molar-refractivity contribution is -0.401. The molecule has 126 valence electrons. The van der Waals surface area contributed by atoms with Gasteiger partial charge in [0.15, 0.2) is 5.78 Å². The third-order valence-corrected chi connectivity index (χ3v) is 4.63. The van der Waals surface area contributed by atoms with Gasteiger partial charge in [0, 0.05) is 16.7 Å². The Hall–Kier alpha value is -3.87. The quantitative estimate of drug-likeness (QED) is 0.368. The zero-order chi connectivity index (χ0) is 18.0. The van der Waals surface area contributed by atoms with Gasteiger partial charge in [-0.15, -0.1) is 0 Å². The van der Waals surface area contributed by atoms with Crippen LogP contribution in [0.15, 0.2) is 52.9 Å². The molecular formula is C19H10N2O5. The standard InChI is InChI=1S/C19H10N2O5/c22-12-6-5-11-15(12)16(13-7-8-14(26-13)21(24)25)17-18(20-11)9-3-1-2-4-10(9)19(17)23/h1-8,20,22H. The lowest BCUT2D eigenvalue weighted by Crippen LogP contribution is -2.01. The number of hydrogen-bond donors (Lipinski definition) is 2. The van der Waals surface area contributed by atoms with Gasteiger partial charge in [0.25, 0.3) is 0 Å². The van der Waals surface area contributed by atoms with E-state index in [4.69, 9.17) is 4.42 Å². The van der Waals surface area contributed by atoms with Crippen molar-refractivity contribution in [3.8, 4) is 39.6 Å². The van der Waals surface area contributed by atoms with Crippen molar-refractivity contribution in [3.05, 3.63) is 69.8 Å². The summed E-state index contributed by atoms with van der Waals surface area (Å²) in [7, 11) is 0. The van der Waals surface area contributed by atoms with Crippen LogP contribution in [0.4, 0.5) is 5.88 Å². The van der Waals surface area contributed by atoms with Crippen molar-refractivity contribution in [2.75, 3.05) is 0 Å². The highest BCUT2D eigenvalue weighted by atomic mass is 16.6. The zero-order valence-corrected chi connectivity index (χ0v) is 13.1. The summed E-state index contributed by atoms with van der Waals surface area (Å²) in [6.45, 7) is 0. The molecule has 7 nitrogen and oxygen atoms in total. The third-order valence-electron chi connectivity index (χ3n) is 4.63. The second-order valence-corrected chi connectivity index (χ2v) is 6.03. The Labute approximate surface area is 146 Å². The molecule has 1 aromatic heterocycles. The molecule has 0 unspecified atom stereocenters. The predicted octanol–water partition coefficient (Wildman–Crippen LogP) is 4.20. The van der Waals surface area contributed by atoms with Gasteiger partial charge in [-0.1, -0.05) is 24.3 Å². The maximum atomic E-state index is 13.0. The van der Waals surface area contributed by atoms with Crippen molar-refractivity contribution in [2.24, 2.45) is 0 Å². The number of carbonyl (C=O) groups is 1. The van der Waals surface area contributed by atoms with E-state index in [0.29, 0.717) is 33.6 Å². The summed E-state index contributed by atoms with van der Waals surface area (Å²) in [4.78, 5) is 26.6. The maximum Gasteiger partial charge on any atom is 0.433 e. The van der Waals surface area contributed by atoms with E-state index in [-0.39, 0.29) is 17.3 Å². The van der Waals surface area contributed by atoms with E-state index in [1.54, 1.807) is 18.2 Å². The number of aromatic hydroxyl groups is 1. The Kier molecular flexibility index (Phi) is 2.68. The number of pyridine rings is 1. The molecule has 2 heterocycles. The topological polar surface area (TPSA) is 109 Å². The second kappa shape index (κ2) is 4.82. The van der Waals surface area contributed by atoms with E-state index < -0.39 is 10.8 Å².